The third kappa shape index (κ3) is 1.57. The highest BCUT2D eigenvalue weighted by molar-refractivity contribution is 6.31. The molecule has 8 heteroatoms. The molecule has 0 N–H and O–H groups in total. The molecule has 0 unspecified atom stereocenters. The number of halogens is 2. The first-order valence-electron chi connectivity index (χ1n) is 5.16. The van der Waals surface area contributed by atoms with E-state index < -0.39 is 0 Å². The predicted molar refractivity (Wildman–Crippen MR) is 67.4 cm³/mol. The maximum atomic E-state index is 6.14. The smallest absolute Gasteiger partial charge is 0.218 e. The summed E-state index contributed by atoms with van der Waals surface area (Å²) in [5.41, 5.74) is 1.56. The second kappa shape index (κ2) is 3.93. The van der Waals surface area contributed by atoms with E-state index in [-0.39, 0.29) is 0 Å². The number of hydrogen-bond acceptors (Lipinski definition) is 4. The van der Waals surface area contributed by atoms with Crippen molar-refractivity contribution in [1.29, 1.82) is 0 Å². The van der Waals surface area contributed by atoms with Gasteiger partial charge >= 0.3 is 0 Å². The van der Waals surface area contributed by atoms with Crippen LogP contribution in [-0.4, -0.2) is 29.4 Å². The second-order valence-electron chi connectivity index (χ2n) is 3.81. The molecule has 0 amide bonds. The van der Waals surface area contributed by atoms with Crippen molar-refractivity contribution in [3.8, 4) is 5.82 Å². The van der Waals surface area contributed by atoms with Gasteiger partial charge in [-0.25, -0.2) is 4.68 Å². The van der Waals surface area contributed by atoms with Gasteiger partial charge in [0.25, 0.3) is 5.78 Å². The average Bonchev–Trinajstić information content (AvgIpc) is 2.88. The van der Waals surface area contributed by atoms with E-state index in [2.05, 4.69) is 20.2 Å². The van der Waals surface area contributed by atoms with Crippen LogP contribution in [0.15, 0.2) is 12.4 Å². The average molecular weight is 283 g/mol. The zero-order valence-electron chi connectivity index (χ0n) is 9.59. The molecule has 0 fully saturated rings. The topological polar surface area (TPSA) is 60.9 Å². The van der Waals surface area contributed by atoms with Gasteiger partial charge in [0, 0.05) is 6.07 Å². The van der Waals surface area contributed by atoms with Crippen LogP contribution >= 0.6 is 23.2 Å². The lowest BCUT2D eigenvalue weighted by Gasteiger charge is -2.06. The van der Waals surface area contributed by atoms with Crippen LogP contribution in [0.3, 0.4) is 0 Å². The maximum Gasteiger partial charge on any atom is 0.255 e. The summed E-state index contributed by atoms with van der Waals surface area (Å²) in [6.07, 6.45) is 1.41. The van der Waals surface area contributed by atoms with Gasteiger partial charge in [-0.2, -0.15) is 24.7 Å². The molecular weight excluding hydrogens is 275 g/mol. The molecule has 0 atom stereocenters. The molecule has 3 aromatic rings. The molecule has 0 radical (unpaired) electrons. The fraction of sp³-hybridized carbons (Fsp3) is 0.200. The van der Waals surface area contributed by atoms with Crippen molar-refractivity contribution in [2.45, 2.75) is 13.8 Å². The zero-order chi connectivity index (χ0) is 12.9. The summed E-state index contributed by atoms with van der Waals surface area (Å²) in [4.78, 5) is 8.07. The first-order chi connectivity index (χ1) is 8.58. The Kier molecular flexibility index (Phi) is 2.49. The molecule has 3 heterocycles. The second-order valence-corrected chi connectivity index (χ2v) is 4.57. The van der Waals surface area contributed by atoms with Crippen LogP contribution in [0.1, 0.15) is 11.4 Å². The Morgan fingerprint density at radius 2 is 2.00 bits per heavy atom. The van der Waals surface area contributed by atoms with Crippen LogP contribution in [0.2, 0.25) is 10.2 Å². The minimum absolute atomic E-state index is 0.328. The third-order valence-corrected chi connectivity index (χ3v) is 3.36. The Balaban J connectivity index is 2.37. The molecule has 3 aromatic heterocycles. The van der Waals surface area contributed by atoms with Crippen molar-refractivity contribution < 1.29 is 0 Å². The van der Waals surface area contributed by atoms with Gasteiger partial charge < -0.3 is 0 Å². The van der Waals surface area contributed by atoms with Gasteiger partial charge in [0.1, 0.15) is 11.5 Å². The van der Waals surface area contributed by atoms with Crippen molar-refractivity contribution >= 4 is 29.0 Å². The van der Waals surface area contributed by atoms with E-state index in [1.54, 1.807) is 15.3 Å². The molecule has 0 aliphatic rings. The van der Waals surface area contributed by atoms with Crippen molar-refractivity contribution in [3.05, 3.63) is 34.0 Å². The summed E-state index contributed by atoms with van der Waals surface area (Å²) >= 11 is 12.1. The van der Waals surface area contributed by atoms with Gasteiger partial charge in [-0.3, -0.25) is 0 Å². The van der Waals surface area contributed by atoms with E-state index in [0.717, 1.165) is 11.4 Å². The van der Waals surface area contributed by atoms with Gasteiger partial charge in [-0.15, -0.1) is 0 Å². The van der Waals surface area contributed by atoms with Crippen LogP contribution in [-0.2, 0) is 0 Å². The molecule has 0 aliphatic carbocycles. The fourth-order valence-corrected chi connectivity index (χ4v) is 2.06. The molecule has 0 bridgehead atoms. The summed E-state index contributed by atoms with van der Waals surface area (Å²) in [5, 5.41) is 9.41. The van der Waals surface area contributed by atoms with Crippen LogP contribution in [0.5, 0.6) is 0 Å². The summed E-state index contributed by atoms with van der Waals surface area (Å²) in [6.45, 7) is 3.71. The molecule has 0 saturated carbocycles. The molecule has 0 spiro atoms. The Hall–Kier alpha value is -1.66. The molecular formula is C10H8Cl2N6. The van der Waals surface area contributed by atoms with Crippen LogP contribution in [0.4, 0.5) is 0 Å². The Labute approximate surface area is 112 Å². The predicted octanol–water partition coefficient (Wildman–Crippen LogP) is 2.23. The zero-order valence-corrected chi connectivity index (χ0v) is 11.1. The quantitative estimate of drug-likeness (QED) is 0.642. The van der Waals surface area contributed by atoms with Gasteiger partial charge in [0.2, 0.25) is 0 Å². The Morgan fingerprint density at radius 1 is 1.22 bits per heavy atom. The number of hydrogen-bond donors (Lipinski definition) is 0. The molecule has 3 rings (SSSR count). The van der Waals surface area contributed by atoms with E-state index in [0.29, 0.717) is 21.8 Å². The molecule has 6 nitrogen and oxygen atoms in total. The maximum absolute atomic E-state index is 6.14. The normalized spacial score (nSPS) is 11.3. The summed E-state index contributed by atoms with van der Waals surface area (Å²) < 4.78 is 3.23. The van der Waals surface area contributed by atoms with E-state index in [1.165, 1.54) is 6.33 Å². The van der Waals surface area contributed by atoms with E-state index in [4.69, 9.17) is 23.2 Å². The van der Waals surface area contributed by atoms with Crippen LogP contribution < -0.4 is 0 Å². The number of aryl methyl sites for hydroxylation is 1. The lowest BCUT2D eigenvalue weighted by Crippen LogP contribution is -2.08. The minimum atomic E-state index is 0.328. The Morgan fingerprint density at radius 3 is 2.67 bits per heavy atom. The van der Waals surface area contributed by atoms with Gasteiger partial charge in [0.15, 0.2) is 5.82 Å². The molecule has 0 saturated heterocycles. The highest BCUT2D eigenvalue weighted by Crippen LogP contribution is 2.23. The van der Waals surface area contributed by atoms with Crippen molar-refractivity contribution in [1.82, 2.24) is 29.4 Å². The monoisotopic (exact) mass is 282 g/mol. The van der Waals surface area contributed by atoms with Crippen molar-refractivity contribution in [2.24, 2.45) is 0 Å². The summed E-state index contributed by atoms with van der Waals surface area (Å²) in [7, 11) is 0. The first kappa shape index (κ1) is 11.4. The largest absolute Gasteiger partial charge is 0.255 e. The minimum Gasteiger partial charge on any atom is -0.218 e. The standard InChI is InChI=1S/C10H8Cl2N6/c1-5-9(12)6(2)17(16-5)8-3-7(11)15-10-13-4-14-18(8)10/h3-4H,1-2H3. The third-order valence-electron chi connectivity index (χ3n) is 2.62. The molecule has 92 valence electrons. The summed E-state index contributed by atoms with van der Waals surface area (Å²) in [5.74, 6) is 1.07. The van der Waals surface area contributed by atoms with Gasteiger partial charge in [-0.05, 0) is 13.8 Å². The molecule has 18 heavy (non-hydrogen) atoms. The highest BCUT2D eigenvalue weighted by Gasteiger charge is 2.15. The van der Waals surface area contributed by atoms with Crippen LogP contribution in [0, 0.1) is 13.8 Å². The number of rotatable bonds is 1. The molecule has 0 aliphatic heterocycles. The Bertz CT molecular complexity index is 744. The van der Waals surface area contributed by atoms with Gasteiger partial charge in [-0.1, -0.05) is 23.2 Å². The number of fused-ring (bicyclic) bond motifs is 1. The molecule has 0 aromatic carbocycles. The van der Waals surface area contributed by atoms with Gasteiger partial charge in [0.05, 0.1) is 16.4 Å². The summed E-state index contributed by atoms with van der Waals surface area (Å²) in [6, 6.07) is 1.67. The highest BCUT2D eigenvalue weighted by atomic mass is 35.5. The number of nitrogens with zero attached hydrogens (tertiary/aromatic N) is 6. The van der Waals surface area contributed by atoms with E-state index in [1.807, 2.05) is 13.8 Å². The lowest BCUT2D eigenvalue weighted by molar-refractivity contribution is 0.755. The van der Waals surface area contributed by atoms with Crippen molar-refractivity contribution in [2.75, 3.05) is 0 Å². The lowest BCUT2D eigenvalue weighted by atomic mass is 10.4. The fourth-order valence-electron chi connectivity index (χ4n) is 1.77. The first-order valence-corrected chi connectivity index (χ1v) is 5.92. The number of aromatic nitrogens is 6. The SMILES string of the molecule is Cc1nn(-c2cc(Cl)nc3ncnn23)c(C)c1Cl. The van der Waals surface area contributed by atoms with E-state index >= 15 is 0 Å². The van der Waals surface area contributed by atoms with E-state index in [9.17, 15) is 0 Å². The van der Waals surface area contributed by atoms with Crippen molar-refractivity contribution in [3.63, 3.8) is 0 Å². The van der Waals surface area contributed by atoms with Crippen LogP contribution in [0.25, 0.3) is 11.6 Å².